The number of nitrogens with zero attached hydrogens (tertiary/aromatic N) is 4. The van der Waals surface area contributed by atoms with Crippen LogP contribution in [0.15, 0.2) is 224 Å². The molecule has 10 aromatic rings. The van der Waals surface area contributed by atoms with Gasteiger partial charge in [-0.25, -0.2) is 8.42 Å². The van der Waals surface area contributed by atoms with Gasteiger partial charge < -0.3 is 45.5 Å². The third kappa shape index (κ3) is 16.0. The molecule has 0 bridgehead atoms. The first-order valence-electron chi connectivity index (χ1n) is 26.3. The summed E-state index contributed by atoms with van der Waals surface area (Å²) in [5.41, 5.74) is 3.91. The number of azo groups is 2. The summed E-state index contributed by atoms with van der Waals surface area (Å²) in [5, 5.41) is 54.7. The molecule has 89 heavy (non-hydrogen) atoms. The van der Waals surface area contributed by atoms with Crippen LogP contribution in [0.25, 0.3) is 21.5 Å². The molecule has 6 N–H and O–H groups in total. The number of amides is 4. The Morgan fingerprint density at radius 3 is 1.25 bits per heavy atom. The second kappa shape index (κ2) is 28.3. The van der Waals surface area contributed by atoms with E-state index in [4.69, 9.17) is 14.0 Å². The van der Waals surface area contributed by atoms with Crippen LogP contribution in [-0.4, -0.2) is 107 Å². The van der Waals surface area contributed by atoms with Gasteiger partial charge in [0.15, 0.2) is 0 Å². The molecule has 0 unspecified atom stereocenters. The van der Waals surface area contributed by atoms with Crippen LogP contribution < -0.4 is 35.8 Å². The average Bonchev–Trinajstić information content (AvgIpc) is 3.68. The van der Waals surface area contributed by atoms with E-state index >= 15 is 0 Å². The predicted molar refractivity (Wildman–Crippen MR) is 334 cm³/mol. The first kappa shape index (κ1) is 65.1. The second-order valence-electron chi connectivity index (χ2n) is 19.3. The Labute approximate surface area is 539 Å². The van der Waals surface area contributed by atoms with Gasteiger partial charge in [-0.1, -0.05) is 72.5 Å². The number of aryl methyl sites for hydroxylation is 2. The fourth-order valence-electron chi connectivity index (χ4n) is 8.75. The van der Waals surface area contributed by atoms with Crippen LogP contribution in [0.2, 0.25) is 0 Å². The molecular weight excluding hydrogens is 1210 g/mol. The zero-order valence-corrected chi connectivity index (χ0v) is 51.4. The molecule has 0 saturated carbocycles. The van der Waals surface area contributed by atoms with Crippen molar-refractivity contribution in [3.8, 4) is 23.0 Å². The summed E-state index contributed by atoms with van der Waals surface area (Å²) in [5.74, 6) is -1.89. The van der Waals surface area contributed by atoms with Crippen molar-refractivity contribution in [3.05, 3.63) is 228 Å². The number of carbonyl (C=O) groups is 4. The van der Waals surface area contributed by atoms with Gasteiger partial charge in [0, 0.05) is 44.6 Å². The normalized spacial score (nSPS) is 11.3. The minimum atomic E-state index is -4.62. The number of nitrogens with one attached hydrogen (secondary N) is 4. The quantitative estimate of drug-likeness (QED) is 0.0298. The smallest absolute Gasteiger partial charge is 0.872 e. The van der Waals surface area contributed by atoms with E-state index in [-0.39, 0.29) is 87.7 Å². The van der Waals surface area contributed by atoms with Crippen molar-refractivity contribution in [2.75, 3.05) is 35.5 Å². The number of phenolic OH excluding ortho intramolecular Hbond substituents is 1. The third-order valence-electron chi connectivity index (χ3n) is 13.4. The Morgan fingerprint density at radius 1 is 0.461 bits per heavy atom. The monoisotopic (exact) mass is 1260 g/mol. The van der Waals surface area contributed by atoms with Gasteiger partial charge in [-0.05, 0) is 163 Å². The zero-order valence-electron chi connectivity index (χ0n) is 47.6. The SMILES string of the molecule is COc1ccc(NC(=O)c2c(O)cc3ccccc3c2N=Nc2cc(C(=O)Nc3ccc(S(=O)(=O)O)cc3)ccc2C)cc1.COc1ccc(NC(=O)c2c([O-])cc3ccccc3c2N=Nc2cc(C(=O)Nc3ccc(S(=O)(=O)[O-])cc3)ccc2C)cc1.[Ca+2]. The van der Waals surface area contributed by atoms with E-state index in [0.29, 0.717) is 72.6 Å². The molecule has 22 nitrogen and oxygen atoms in total. The largest absolute Gasteiger partial charge is 2.00 e. The van der Waals surface area contributed by atoms with Crippen molar-refractivity contribution >= 4 is 149 Å². The Bertz CT molecular complexity index is 4350. The third-order valence-corrected chi connectivity index (χ3v) is 15.1. The first-order chi connectivity index (χ1) is 42.1. The van der Waals surface area contributed by atoms with Gasteiger partial charge in [-0.3, -0.25) is 23.7 Å². The van der Waals surface area contributed by atoms with Gasteiger partial charge in [0.25, 0.3) is 33.7 Å². The number of benzene rings is 10. The number of anilines is 4. The van der Waals surface area contributed by atoms with Gasteiger partial charge in [0.05, 0.1) is 40.9 Å². The van der Waals surface area contributed by atoms with Crippen molar-refractivity contribution in [1.29, 1.82) is 0 Å². The molecule has 10 aromatic carbocycles. The average molecular weight is 1260 g/mol. The number of ether oxygens (including phenoxy) is 2. The molecule has 0 fully saturated rings. The van der Waals surface area contributed by atoms with Crippen molar-refractivity contribution in [1.82, 2.24) is 0 Å². The van der Waals surface area contributed by atoms with Crippen LogP contribution in [0, 0.1) is 13.8 Å². The molecule has 25 heteroatoms. The summed E-state index contributed by atoms with van der Waals surface area (Å²) >= 11 is 0. The Morgan fingerprint density at radius 2 is 0.831 bits per heavy atom. The molecule has 4 amide bonds. The van der Waals surface area contributed by atoms with E-state index < -0.39 is 54.5 Å². The maximum Gasteiger partial charge on any atom is 2.00 e. The van der Waals surface area contributed by atoms with Crippen molar-refractivity contribution < 1.29 is 64.8 Å². The maximum absolute atomic E-state index is 13.4. The van der Waals surface area contributed by atoms with E-state index in [9.17, 15) is 50.8 Å². The van der Waals surface area contributed by atoms with Gasteiger partial charge in [-0.15, -0.1) is 10.2 Å². The second-order valence-corrected chi connectivity index (χ2v) is 22.1. The summed E-state index contributed by atoms with van der Waals surface area (Å²) in [4.78, 5) is 52.0. The molecule has 10 rings (SSSR count). The molecule has 0 radical (unpaired) electrons. The molecule has 0 saturated heterocycles. The molecule has 0 spiro atoms. The number of methoxy groups -OCH3 is 2. The molecule has 0 aliphatic heterocycles. The van der Waals surface area contributed by atoms with Gasteiger partial charge >= 0.3 is 37.7 Å². The fourth-order valence-corrected chi connectivity index (χ4v) is 9.70. The van der Waals surface area contributed by atoms with Crippen LogP contribution in [0.4, 0.5) is 45.5 Å². The Hall–Kier alpha value is -9.92. The summed E-state index contributed by atoms with van der Waals surface area (Å²) in [7, 11) is -5.92. The van der Waals surface area contributed by atoms with Gasteiger partial charge in [-0.2, -0.15) is 18.6 Å². The van der Waals surface area contributed by atoms with E-state index in [0.717, 1.165) is 12.1 Å². The van der Waals surface area contributed by atoms with Crippen molar-refractivity contribution in [3.63, 3.8) is 0 Å². The van der Waals surface area contributed by atoms with Crippen LogP contribution in [0.3, 0.4) is 0 Å². The number of aromatic hydroxyl groups is 1. The van der Waals surface area contributed by atoms with Crippen molar-refractivity contribution in [2.45, 2.75) is 23.6 Å². The number of hydrogen-bond donors (Lipinski definition) is 6. The van der Waals surface area contributed by atoms with E-state index in [1.165, 1.54) is 74.9 Å². The summed E-state index contributed by atoms with van der Waals surface area (Å²) < 4.78 is 75.5. The minimum Gasteiger partial charge on any atom is -0.872 e. The number of carbonyl (C=O) groups excluding carboxylic acids is 4. The zero-order chi connectivity index (χ0) is 62.9. The topological polar surface area (TPSA) is 339 Å². The molecule has 444 valence electrons. The Kier molecular flexibility index (Phi) is 20.7. The molecule has 0 aliphatic carbocycles. The van der Waals surface area contributed by atoms with Gasteiger partial charge in [0.2, 0.25) is 0 Å². The summed E-state index contributed by atoms with van der Waals surface area (Å²) in [6, 6.07) is 49.6. The van der Waals surface area contributed by atoms with E-state index in [1.807, 2.05) is 0 Å². The van der Waals surface area contributed by atoms with Gasteiger partial charge in [0.1, 0.15) is 44.3 Å². The van der Waals surface area contributed by atoms with Crippen LogP contribution in [-0.2, 0) is 20.2 Å². The van der Waals surface area contributed by atoms with Crippen molar-refractivity contribution in [2.24, 2.45) is 20.5 Å². The number of hydrogen-bond acceptors (Lipinski definition) is 17. The summed E-state index contributed by atoms with van der Waals surface area (Å²) in [6.45, 7) is 3.54. The predicted octanol–water partition coefficient (Wildman–Crippen LogP) is 12.7. The van der Waals surface area contributed by atoms with Crippen LogP contribution in [0.1, 0.15) is 52.6 Å². The first-order valence-corrected chi connectivity index (χ1v) is 29.1. The number of fused-ring (bicyclic) bond motifs is 2. The maximum atomic E-state index is 13.4. The molecule has 0 aliphatic rings. The summed E-state index contributed by atoms with van der Waals surface area (Å²) in [6.07, 6.45) is 0. The fraction of sp³-hybridized carbons (Fsp3) is 0.0625. The molecular formula is C64H50CaN8O14S2. The number of phenols is 1. The van der Waals surface area contributed by atoms with E-state index in [1.54, 1.807) is 135 Å². The number of rotatable bonds is 16. The molecule has 0 atom stereocenters. The minimum absolute atomic E-state index is 0. The Balaban J connectivity index is 0.000000228. The standard InChI is InChI=1S/2C32H26N4O7S.Ca/c2*1-19-7-8-21(31(38)33-23-11-15-25(16-12-23)44(40,41)42)17-27(19)35-36-30-26-6-4-3-5-20(26)18-28(37)29(30)32(39)34-22-9-13-24(43-2)14-10-22;/h2*3-18,37H,1-2H3,(H,33,38)(H,34,39)(H,40,41,42);/q;;+2/p-2. The van der Waals surface area contributed by atoms with E-state index in [2.05, 4.69) is 41.7 Å². The molecule has 0 heterocycles. The molecule has 0 aromatic heterocycles. The van der Waals surface area contributed by atoms with Crippen LogP contribution in [0.5, 0.6) is 23.0 Å². The van der Waals surface area contributed by atoms with Crippen LogP contribution >= 0.6 is 0 Å².